The molecule has 1 amide bonds. The summed E-state index contributed by atoms with van der Waals surface area (Å²) in [6.07, 6.45) is 2.37. The van der Waals surface area contributed by atoms with Gasteiger partial charge in [0, 0.05) is 12.1 Å². The zero-order chi connectivity index (χ0) is 23.3. The van der Waals surface area contributed by atoms with E-state index in [2.05, 4.69) is 41.4 Å². The first-order chi connectivity index (χ1) is 15.9. The molecule has 0 aliphatic carbocycles. The summed E-state index contributed by atoms with van der Waals surface area (Å²) in [5.41, 5.74) is 3.62. The standard InChI is InChI=1S/C27H30N2O3S/c1-21-9-13-23(14-10-21)26(29-17-5-6-18-29)19-28-27(30)24-15-11-22(12-16-24)20-33(31,32)25-7-3-2-4-8-25/h2-4,7-16,26H,5-6,17-20H2,1H3,(H,28,30). The Balaban J connectivity index is 1.41. The number of carbonyl (C=O) groups excluding carboxylic acids is 1. The molecule has 1 aliphatic rings. The maximum atomic E-state index is 12.8. The van der Waals surface area contributed by atoms with Gasteiger partial charge in [-0.15, -0.1) is 0 Å². The van der Waals surface area contributed by atoms with Crippen LogP contribution in [-0.2, 0) is 15.6 Å². The molecule has 1 unspecified atom stereocenters. The second-order valence-corrected chi connectivity index (χ2v) is 10.6. The molecule has 4 rings (SSSR count). The van der Waals surface area contributed by atoms with Crippen molar-refractivity contribution < 1.29 is 13.2 Å². The van der Waals surface area contributed by atoms with Crippen LogP contribution in [0.15, 0.2) is 83.8 Å². The molecule has 1 N–H and O–H groups in total. The molecule has 0 saturated carbocycles. The molecule has 1 saturated heterocycles. The predicted molar refractivity (Wildman–Crippen MR) is 131 cm³/mol. The van der Waals surface area contributed by atoms with Gasteiger partial charge in [-0.05, 0) is 68.2 Å². The Bertz CT molecular complexity index is 1170. The summed E-state index contributed by atoms with van der Waals surface area (Å²) in [4.78, 5) is 15.6. The van der Waals surface area contributed by atoms with Crippen LogP contribution >= 0.6 is 0 Å². The van der Waals surface area contributed by atoms with Gasteiger partial charge in [-0.1, -0.05) is 60.2 Å². The van der Waals surface area contributed by atoms with Gasteiger partial charge in [0.25, 0.3) is 5.91 Å². The Hall–Kier alpha value is -2.96. The quantitative estimate of drug-likeness (QED) is 0.534. The van der Waals surface area contributed by atoms with Crippen LogP contribution in [0.25, 0.3) is 0 Å². The molecular formula is C27H30N2O3S. The fourth-order valence-electron chi connectivity index (χ4n) is 4.27. The third-order valence-corrected chi connectivity index (χ3v) is 7.88. The van der Waals surface area contributed by atoms with Gasteiger partial charge in [-0.25, -0.2) is 8.42 Å². The molecular weight excluding hydrogens is 432 g/mol. The minimum Gasteiger partial charge on any atom is -0.350 e. The molecule has 0 aromatic heterocycles. The van der Waals surface area contributed by atoms with E-state index in [4.69, 9.17) is 0 Å². The monoisotopic (exact) mass is 462 g/mol. The van der Waals surface area contributed by atoms with Crippen molar-refractivity contribution in [1.82, 2.24) is 10.2 Å². The minimum absolute atomic E-state index is 0.0939. The summed E-state index contributed by atoms with van der Waals surface area (Å²) in [6.45, 7) is 4.69. The third-order valence-electron chi connectivity index (χ3n) is 6.17. The van der Waals surface area contributed by atoms with E-state index in [-0.39, 0.29) is 17.7 Å². The number of nitrogens with zero attached hydrogens (tertiary/aromatic N) is 1. The number of sulfone groups is 1. The van der Waals surface area contributed by atoms with E-state index in [0.717, 1.165) is 13.1 Å². The third kappa shape index (κ3) is 5.89. The Morgan fingerprint density at radius 2 is 1.55 bits per heavy atom. The van der Waals surface area contributed by atoms with Crippen LogP contribution in [0.5, 0.6) is 0 Å². The summed E-state index contributed by atoms with van der Waals surface area (Å²) < 4.78 is 25.2. The van der Waals surface area contributed by atoms with Crippen LogP contribution in [0, 0.1) is 6.92 Å². The van der Waals surface area contributed by atoms with E-state index in [9.17, 15) is 13.2 Å². The van der Waals surface area contributed by atoms with Gasteiger partial charge >= 0.3 is 0 Å². The lowest BCUT2D eigenvalue weighted by Gasteiger charge is -2.28. The van der Waals surface area contributed by atoms with E-state index >= 15 is 0 Å². The van der Waals surface area contributed by atoms with Gasteiger partial charge in [-0.2, -0.15) is 0 Å². The molecule has 1 fully saturated rings. The number of benzene rings is 3. The summed E-state index contributed by atoms with van der Waals surface area (Å²) >= 11 is 0. The Morgan fingerprint density at radius 1 is 0.909 bits per heavy atom. The Morgan fingerprint density at radius 3 is 2.18 bits per heavy atom. The molecule has 3 aromatic rings. The summed E-state index contributed by atoms with van der Waals surface area (Å²) in [5, 5.41) is 3.08. The molecule has 1 heterocycles. The average Bonchev–Trinajstić information content (AvgIpc) is 3.36. The van der Waals surface area contributed by atoms with Crippen molar-refractivity contribution in [2.75, 3.05) is 19.6 Å². The molecule has 6 heteroatoms. The van der Waals surface area contributed by atoms with E-state index in [1.54, 1.807) is 54.6 Å². The van der Waals surface area contributed by atoms with E-state index in [0.29, 0.717) is 22.6 Å². The predicted octanol–water partition coefficient (Wildman–Crippen LogP) is 4.54. The van der Waals surface area contributed by atoms with Crippen molar-refractivity contribution in [3.05, 3.63) is 101 Å². The van der Waals surface area contributed by atoms with Crippen molar-refractivity contribution in [2.45, 2.75) is 36.5 Å². The highest BCUT2D eigenvalue weighted by Gasteiger charge is 2.24. The van der Waals surface area contributed by atoms with E-state index in [1.807, 2.05) is 0 Å². The van der Waals surface area contributed by atoms with Crippen LogP contribution in [0.4, 0.5) is 0 Å². The highest BCUT2D eigenvalue weighted by atomic mass is 32.2. The lowest BCUT2D eigenvalue weighted by molar-refractivity contribution is 0.0938. The zero-order valence-electron chi connectivity index (χ0n) is 18.9. The van der Waals surface area contributed by atoms with E-state index < -0.39 is 9.84 Å². The molecule has 3 aromatic carbocycles. The number of likely N-dealkylation sites (tertiary alicyclic amines) is 1. The first kappa shape index (κ1) is 23.2. The first-order valence-corrected chi connectivity index (χ1v) is 13.0. The van der Waals surface area contributed by atoms with Crippen molar-refractivity contribution in [3.8, 4) is 0 Å². The number of aryl methyl sites for hydroxylation is 1. The lowest BCUT2D eigenvalue weighted by Crippen LogP contribution is -2.36. The number of nitrogens with one attached hydrogen (secondary N) is 1. The molecule has 33 heavy (non-hydrogen) atoms. The Labute approximate surface area is 196 Å². The van der Waals surface area contributed by atoms with E-state index in [1.165, 1.54) is 24.0 Å². The molecule has 5 nitrogen and oxygen atoms in total. The van der Waals surface area contributed by atoms with Gasteiger partial charge in [0.2, 0.25) is 0 Å². The SMILES string of the molecule is Cc1ccc(C(CNC(=O)c2ccc(CS(=O)(=O)c3ccccc3)cc2)N2CCCC2)cc1. The smallest absolute Gasteiger partial charge is 0.251 e. The highest BCUT2D eigenvalue weighted by molar-refractivity contribution is 7.90. The minimum atomic E-state index is -3.42. The molecule has 0 radical (unpaired) electrons. The maximum absolute atomic E-state index is 12.8. The van der Waals surface area contributed by atoms with Gasteiger partial charge < -0.3 is 5.32 Å². The lowest BCUT2D eigenvalue weighted by atomic mass is 10.0. The van der Waals surface area contributed by atoms with Crippen molar-refractivity contribution >= 4 is 15.7 Å². The molecule has 172 valence electrons. The van der Waals surface area contributed by atoms with Crippen molar-refractivity contribution in [3.63, 3.8) is 0 Å². The van der Waals surface area contributed by atoms with Crippen molar-refractivity contribution in [2.24, 2.45) is 0 Å². The molecule has 0 spiro atoms. The number of hydrogen-bond acceptors (Lipinski definition) is 4. The number of amides is 1. The zero-order valence-corrected chi connectivity index (χ0v) is 19.7. The molecule has 1 atom stereocenters. The first-order valence-electron chi connectivity index (χ1n) is 11.4. The van der Waals surface area contributed by atoms with Crippen LogP contribution in [0.1, 0.15) is 45.9 Å². The second kappa shape index (κ2) is 10.3. The van der Waals surface area contributed by atoms with Crippen LogP contribution in [0.3, 0.4) is 0 Å². The molecule has 1 aliphatic heterocycles. The fourth-order valence-corrected chi connectivity index (χ4v) is 5.64. The van der Waals surface area contributed by atoms with Gasteiger partial charge in [0.1, 0.15) is 0 Å². The van der Waals surface area contributed by atoms with Crippen LogP contribution in [0.2, 0.25) is 0 Å². The summed E-state index contributed by atoms with van der Waals surface area (Å²) in [6, 6.07) is 23.9. The number of rotatable bonds is 8. The highest BCUT2D eigenvalue weighted by Crippen LogP contribution is 2.25. The number of hydrogen-bond donors (Lipinski definition) is 1. The van der Waals surface area contributed by atoms with Gasteiger partial charge in [0.15, 0.2) is 9.84 Å². The normalized spacial score (nSPS) is 15.3. The summed E-state index contributed by atoms with van der Waals surface area (Å²) in [7, 11) is -3.42. The van der Waals surface area contributed by atoms with Gasteiger partial charge in [-0.3, -0.25) is 9.69 Å². The van der Waals surface area contributed by atoms with Crippen LogP contribution in [-0.4, -0.2) is 38.9 Å². The van der Waals surface area contributed by atoms with Crippen molar-refractivity contribution in [1.29, 1.82) is 0 Å². The molecule has 0 bridgehead atoms. The fraction of sp³-hybridized carbons (Fsp3) is 0.296. The maximum Gasteiger partial charge on any atom is 0.251 e. The second-order valence-electron chi connectivity index (χ2n) is 8.65. The van der Waals surface area contributed by atoms with Crippen LogP contribution < -0.4 is 5.32 Å². The average molecular weight is 463 g/mol. The number of carbonyl (C=O) groups is 1. The largest absolute Gasteiger partial charge is 0.350 e. The topological polar surface area (TPSA) is 66.5 Å². The summed E-state index contributed by atoms with van der Waals surface area (Å²) in [5.74, 6) is -0.243. The van der Waals surface area contributed by atoms with Gasteiger partial charge in [0.05, 0.1) is 16.7 Å². The Kier molecular flexibility index (Phi) is 7.26.